The second-order valence-corrected chi connectivity index (χ2v) is 10.2. The van der Waals surface area contributed by atoms with Crippen LogP contribution in [0.15, 0.2) is 79.1 Å². The van der Waals surface area contributed by atoms with Crippen molar-refractivity contribution in [1.82, 2.24) is 15.0 Å². The maximum absolute atomic E-state index is 13.0. The van der Waals surface area contributed by atoms with Crippen molar-refractivity contribution in [2.24, 2.45) is 0 Å². The summed E-state index contributed by atoms with van der Waals surface area (Å²) in [5, 5.41) is 3.10. The van der Waals surface area contributed by atoms with Crippen molar-refractivity contribution in [3.05, 3.63) is 90.3 Å². The van der Waals surface area contributed by atoms with Gasteiger partial charge in [-0.3, -0.25) is 14.5 Å². The molecule has 3 N–H and O–H groups in total. The van der Waals surface area contributed by atoms with E-state index in [2.05, 4.69) is 31.9 Å². The molecule has 1 aliphatic carbocycles. The van der Waals surface area contributed by atoms with Gasteiger partial charge >= 0.3 is 0 Å². The first-order chi connectivity index (χ1) is 16.9. The predicted octanol–water partition coefficient (Wildman–Crippen LogP) is 3.65. The van der Waals surface area contributed by atoms with Gasteiger partial charge in [0.1, 0.15) is 5.75 Å². The van der Waals surface area contributed by atoms with Gasteiger partial charge in [0, 0.05) is 30.4 Å². The van der Waals surface area contributed by atoms with Crippen LogP contribution >= 0.6 is 0 Å². The molecule has 0 bridgehead atoms. The number of anilines is 1. The van der Waals surface area contributed by atoms with Gasteiger partial charge in [0.2, 0.25) is 0 Å². The molecular formula is C26H30N4O4S. The van der Waals surface area contributed by atoms with Crippen LogP contribution in [0.1, 0.15) is 41.6 Å². The number of para-hydroxylation sites is 1. The highest BCUT2D eigenvalue weighted by atomic mass is 32.2. The summed E-state index contributed by atoms with van der Waals surface area (Å²) in [7, 11) is -2.17. The zero-order valence-electron chi connectivity index (χ0n) is 19.6. The molecule has 0 radical (unpaired) electrons. The van der Waals surface area contributed by atoms with Crippen molar-refractivity contribution in [3.8, 4) is 5.75 Å². The summed E-state index contributed by atoms with van der Waals surface area (Å²) in [4.78, 5) is 16.9. The van der Waals surface area contributed by atoms with Gasteiger partial charge in [-0.1, -0.05) is 42.5 Å². The number of hydrogen-bond donors (Lipinski definition) is 3. The molecule has 0 unspecified atom stereocenters. The van der Waals surface area contributed by atoms with E-state index in [1.54, 1.807) is 31.4 Å². The van der Waals surface area contributed by atoms with Gasteiger partial charge in [0.05, 0.1) is 18.4 Å². The molecule has 2 aromatic carbocycles. The van der Waals surface area contributed by atoms with Crippen LogP contribution in [0.3, 0.4) is 0 Å². The van der Waals surface area contributed by atoms with E-state index < -0.39 is 10.2 Å². The minimum absolute atomic E-state index is 0.192. The third kappa shape index (κ3) is 6.17. The average molecular weight is 495 g/mol. The standard InChI is InChI=1S/C26H30N4O4S/c1-34-24-10-6-5-9-23(24)25(31)28-19-26(20-7-3-2-4-8-20)15-11-21(12-16-26)29-35(32,33)30-22-13-17-27-18-14-22/h2-10,13-14,17-18,21,29H,11-12,15-16,19H2,1H3,(H,27,30)(H,28,31). The molecule has 1 aliphatic rings. The Balaban J connectivity index is 1.44. The maximum atomic E-state index is 13.0. The lowest BCUT2D eigenvalue weighted by Crippen LogP contribution is -2.48. The first-order valence-corrected chi connectivity index (χ1v) is 13.1. The lowest BCUT2D eigenvalue weighted by atomic mass is 9.68. The van der Waals surface area contributed by atoms with Crippen molar-refractivity contribution < 1.29 is 17.9 Å². The van der Waals surface area contributed by atoms with Gasteiger partial charge in [0.25, 0.3) is 16.1 Å². The van der Waals surface area contributed by atoms with E-state index in [-0.39, 0.29) is 17.4 Å². The lowest BCUT2D eigenvalue weighted by Gasteiger charge is -2.41. The molecule has 35 heavy (non-hydrogen) atoms. The summed E-state index contributed by atoms with van der Waals surface area (Å²) in [5.41, 5.74) is 1.79. The van der Waals surface area contributed by atoms with Gasteiger partial charge in [-0.2, -0.15) is 13.1 Å². The fraction of sp³-hybridized carbons (Fsp3) is 0.308. The van der Waals surface area contributed by atoms with Gasteiger partial charge in [0.15, 0.2) is 0 Å². The van der Waals surface area contributed by atoms with Crippen molar-refractivity contribution in [3.63, 3.8) is 0 Å². The number of carbonyl (C=O) groups is 1. The number of nitrogens with one attached hydrogen (secondary N) is 3. The van der Waals surface area contributed by atoms with Crippen LogP contribution in [0.25, 0.3) is 0 Å². The average Bonchev–Trinajstić information content (AvgIpc) is 2.89. The number of hydrogen-bond acceptors (Lipinski definition) is 5. The number of methoxy groups -OCH3 is 1. The highest BCUT2D eigenvalue weighted by molar-refractivity contribution is 7.90. The lowest BCUT2D eigenvalue weighted by molar-refractivity contribution is 0.0932. The summed E-state index contributed by atoms with van der Waals surface area (Å²) in [6.07, 6.45) is 5.82. The quantitative estimate of drug-likeness (QED) is 0.421. The smallest absolute Gasteiger partial charge is 0.299 e. The molecule has 1 aromatic heterocycles. The van der Waals surface area contributed by atoms with Gasteiger partial charge in [-0.05, 0) is 55.5 Å². The molecule has 0 aliphatic heterocycles. The van der Waals surface area contributed by atoms with E-state index in [1.807, 2.05) is 30.3 Å². The third-order valence-corrected chi connectivity index (χ3v) is 7.67. The predicted molar refractivity (Wildman–Crippen MR) is 136 cm³/mol. The summed E-state index contributed by atoms with van der Waals surface area (Å²) in [6, 6.07) is 20.2. The number of nitrogens with zero attached hydrogens (tertiary/aromatic N) is 1. The van der Waals surface area contributed by atoms with Crippen LogP contribution in [0.2, 0.25) is 0 Å². The molecule has 8 nitrogen and oxygen atoms in total. The molecule has 1 heterocycles. The summed E-state index contributed by atoms with van der Waals surface area (Å²) in [6.45, 7) is 0.447. The molecule has 184 valence electrons. The Morgan fingerprint density at radius 3 is 2.34 bits per heavy atom. The fourth-order valence-corrected chi connectivity index (χ4v) is 5.83. The van der Waals surface area contributed by atoms with Crippen LogP contribution in [-0.4, -0.2) is 39.0 Å². The number of aromatic nitrogens is 1. The van der Waals surface area contributed by atoms with Crippen LogP contribution in [-0.2, 0) is 15.6 Å². The SMILES string of the molecule is COc1ccccc1C(=O)NCC1(c2ccccc2)CCC(NS(=O)(=O)Nc2ccncc2)CC1. The first kappa shape index (κ1) is 24.7. The first-order valence-electron chi connectivity index (χ1n) is 11.6. The van der Waals surface area contributed by atoms with Gasteiger partial charge in [-0.15, -0.1) is 0 Å². The van der Waals surface area contributed by atoms with Gasteiger partial charge in [-0.25, -0.2) is 0 Å². The molecule has 1 saturated carbocycles. The van der Waals surface area contributed by atoms with Crippen LogP contribution in [0, 0.1) is 0 Å². The van der Waals surface area contributed by atoms with Crippen LogP contribution < -0.4 is 19.5 Å². The van der Waals surface area contributed by atoms with Crippen molar-refractivity contribution >= 4 is 21.8 Å². The molecule has 3 aromatic rings. The Morgan fingerprint density at radius 1 is 1.00 bits per heavy atom. The molecule has 0 spiro atoms. The minimum Gasteiger partial charge on any atom is -0.496 e. The van der Waals surface area contributed by atoms with Crippen molar-refractivity contribution in [1.29, 1.82) is 0 Å². The topological polar surface area (TPSA) is 109 Å². The monoisotopic (exact) mass is 494 g/mol. The molecule has 1 amide bonds. The Labute approximate surface area is 206 Å². The molecule has 0 atom stereocenters. The zero-order valence-corrected chi connectivity index (χ0v) is 20.4. The Kier molecular flexibility index (Phi) is 7.67. The normalized spacial score (nSPS) is 20.1. The Bertz CT molecular complexity index is 1230. The van der Waals surface area contributed by atoms with Crippen molar-refractivity contribution in [2.45, 2.75) is 37.1 Å². The number of amides is 1. The third-order valence-electron chi connectivity index (χ3n) is 6.52. The molecule has 9 heteroatoms. The number of rotatable bonds is 9. The Morgan fingerprint density at radius 2 is 1.66 bits per heavy atom. The zero-order chi connectivity index (χ0) is 24.7. The van der Waals surface area contributed by atoms with Crippen LogP contribution in [0.4, 0.5) is 5.69 Å². The summed E-state index contributed by atoms with van der Waals surface area (Å²) < 4.78 is 35.9. The van der Waals surface area contributed by atoms with E-state index in [9.17, 15) is 13.2 Å². The van der Waals surface area contributed by atoms with E-state index in [0.29, 0.717) is 36.4 Å². The molecule has 0 saturated heterocycles. The minimum atomic E-state index is -3.72. The molecular weight excluding hydrogens is 464 g/mol. The number of benzene rings is 2. The fourth-order valence-electron chi connectivity index (χ4n) is 4.65. The van der Waals surface area contributed by atoms with E-state index in [4.69, 9.17) is 4.74 Å². The summed E-state index contributed by atoms with van der Waals surface area (Å²) >= 11 is 0. The van der Waals surface area contributed by atoms with E-state index in [1.165, 1.54) is 12.4 Å². The maximum Gasteiger partial charge on any atom is 0.299 e. The summed E-state index contributed by atoms with van der Waals surface area (Å²) in [5.74, 6) is 0.334. The molecule has 1 fully saturated rings. The number of ether oxygens (including phenoxy) is 1. The van der Waals surface area contributed by atoms with Gasteiger partial charge < -0.3 is 10.1 Å². The second kappa shape index (κ2) is 10.9. The number of pyridine rings is 1. The Hall–Kier alpha value is -3.43. The second-order valence-electron chi connectivity index (χ2n) is 8.76. The largest absolute Gasteiger partial charge is 0.496 e. The van der Waals surface area contributed by atoms with E-state index in [0.717, 1.165) is 18.4 Å². The van der Waals surface area contributed by atoms with E-state index >= 15 is 0 Å². The number of carbonyl (C=O) groups excluding carboxylic acids is 1. The highest BCUT2D eigenvalue weighted by Crippen LogP contribution is 2.39. The highest BCUT2D eigenvalue weighted by Gasteiger charge is 2.38. The van der Waals surface area contributed by atoms with Crippen LogP contribution in [0.5, 0.6) is 5.75 Å². The van der Waals surface area contributed by atoms with Crippen molar-refractivity contribution in [2.75, 3.05) is 18.4 Å². The molecule has 4 rings (SSSR count).